The molecule has 2 aromatic rings. The minimum absolute atomic E-state index is 0.0669. The van der Waals surface area contributed by atoms with Crippen LogP contribution in [0.15, 0.2) is 54.6 Å². The number of aliphatic hydroxyl groups is 1. The highest BCUT2D eigenvalue weighted by Crippen LogP contribution is 2.22. The number of carbonyl (C=O) groups excluding carboxylic acids is 3. The van der Waals surface area contributed by atoms with E-state index in [2.05, 4.69) is 0 Å². The standard InChI is InChI=1S/C21H24N2O4/c1-13(7-12-17(20(22)26)19(25)21(23)27)18(24)16-10-8-15(9-11-16)14-5-3-2-4-6-14/h2-6,8-11,13,17,21,27H,7,12,23H2,1H3,(H2,22,26). The maximum Gasteiger partial charge on any atom is 0.228 e. The summed E-state index contributed by atoms with van der Waals surface area (Å²) in [4.78, 5) is 35.8. The lowest BCUT2D eigenvalue weighted by Crippen LogP contribution is -2.41. The lowest BCUT2D eigenvalue weighted by atomic mass is 9.88. The molecule has 0 aliphatic carbocycles. The highest BCUT2D eigenvalue weighted by atomic mass is 16.3. The Kier molecular flexibility index (Phi) is 6.98. The molecule has 3 atom stereocenters. The van der Waals surface area contributed by atoms with Gasteiger partial charge >= 0.3 is 0 Å². The summed E-state index contributed by atoms with van der Waals surface area (Å²) in [6.45, 7) is 1.73. The van der Waals surface area contributed by atoms with Gasteiger partial charge in [0.2, 0.25) is 5.91 Å². The van der Waals surface area contributed by atoms with Crippen molar-refractivity contribution >= 4 is 17.5 Å². The third-order valence-corrected chi connectivity index (χ3v) is 4.59. The summed E-state index contributed by atoms with van der Waals surface area (Å²) in [5, 5.41) is 9.17. The quantitative estimate of drug-likeness (QED) is 0.354. The van der Waals surface area contributed by atoms with Crippen molar-refractivity contribution in [1.29, 1.82) is 0 Å². The Morgan fingerprint density at radius 3 is 2.00 bits per heavy atom. The maximum atomic E-state index is 12.6. The van der Waals surface area contributed by atoms with Gasteiger partial charge in [-0.05, 0) is 24.0 Å². The van der Waals surface area contributed by atoms with Crippen LogP contribution in [0.5, 0.6) is 0 Å². The zero-order chi connectivity index (χ0) is 20.0. The second kappa shape index (κ2) is 9.21. The van der Waals surface area contributed by atoms with Crippen LogP contribution in [0.4, 0.5) is 0 Å². The molecule has 0 saturated carbocycles. The van der Waals surface area contributed by atoms with Crippen molar-refractivity contribution < 1.29 is 19.5 Å². The zero-order valence-electron chi connectivity index (χ0n) is 15.2. The van der Waals surface area contributed by atoms with Crippen LogP contribution in [0.3, 0.4) is 0 Å². The normalized spacial score (nSPS) is 14.2. The Morgan fingerprint density at radius 2 is 1.48 bits per heavy atom. The van der Waals surface area contributed by atoms with Crippen molar-refractivity contribution in [3.63, 3.8) is 0 Å². The van der Waals surface area contributed by atoms with Crippen molar-refractivity contribution in [3.05, 3.63) is 60.2 Å². The molecule has 0 radical (unpaired) electrons. The van der Waals surface area contributed by atoms with E-state index >= 15 is 0 Å². The molecule has 0 spiro atoms. The van der Waals surface area contributed by atoms with Crippen LogP contribution in [0.2, 0.25) is 0 Å². The summed E-state index contributed by atoms with van der Waals surface area (Å²) < 4.78 is 0. The fourth-order valence-corrected chi connectivity index (χ4v) is 2.92. The molecule has 6 heteroatoms. The Hall–Kier alpha value is -2.83. The highest BCUT2D eigenvalue weighted by Gasteiger charge is 2.29. The van der Waals surface area contributed by atoms with E-state index in [1.165, 1.54) is 0 Å². The van der Waals surface area contributed by atoms with Crippen LogP contribution >= 0.6 is 0 Å². The van der Waals surface area contributed by atoms with Crippen molar-refractivity contribution in [2.24, 2.45) is 23.3 Å². The van der Waals surface area contributed by atoms with Crippen molar-refractivity contribution in [1.82, 2.24) is 0 Å². The number of hydrogen-bond acceptors (Lipinski definition) is 5. The summed E-state index contributed by atoms with van der Waals surface area (Å²) in [6.07, 6.45) is -1.40. The van der Waals surface area contributed by atoms with Gasteiger partial charge in [-0.2, -0.15) is 0 Å². The number of aliphatic hydroxyl groups excluding tert-OH is 1. The first kappa shape index (κ1) is 20.5. The average molecular weight is 368 g/mol. The number of carbonyl (C=O) groups is 3. The first-order valence-corrected chi connectivity index (χ1v) is 8.77. The number of benzene rings is 2. The Labute approximate surface area is 158 Å². The molecular formula is C21H24N2O4. The van der Waals surface area contributed by atoms with Gasteiger partial charge in [0.15, 0.2) is 17.8 Å². The summed E-state index contributed by atoms with van der Waals surface area (Å²) in [5.41, 5.74) is 13.0. The van der Waals surface area contributed by atoms with E-state index in [9.17, 15) is 14.4 Å². The molecule has 1 amide bonds. The van der Waals surface area contributed by atoms with E-state index in [4.69, 9.17) is 16.6 Å². The van der Waals surface area contributed by atoms with Crippen molar-refractivity contribution in [3.8, 4) is 11.1 Å². The first-order valence-electron chi connectivity index (χ1n) is 8.77. The third kappa shape index (κ3) is 5.32. The monoisotopic (exact) mass is 368 g/mol. The van der Waals surface area contributed by atoms with Crippen LogP contribution in [-0.2, 0) is 9.59 Å². The van der Waals surface area contributed by atoms with E-state index < -0.39 is 29.8 Å². The molecule has 0 aliphatic heterocycles. The lowest BCUT2D eigenvalue weighted by molar-refractivity contribution is -0.138. The predicted octanol–water partition coefficient (Wildman–Crippen LogP) is 1.90. The topological polar surface area (TPSA) is 123 Å². The molecule has 0 fully saturated rings. The molecule has 142 valence electrons. The fraction of sp³-hybridized carbons (Fsp3) is 0.286. The van der Waals surface area contributed by atoms with E-state index in [0.29, 0.717) is 5.56 Å². The lowest BCUT2D eigenvalue weighted by Gasteiger charge is -2.16. The summed E-state index contributed by atoms with van der Waals surface area (Å²) in [5.74, 6) is -3.36. The smallest absolute Gasteiger partial charge is 0.228 e. The number of Topliss-reactive ketones (excluding diaryl/α,β-unsaturated/α-hetero) is 2. The summed E-state index contributed by atoms with van der Waals surface area (Å²) in [6, 6.07) is 17.1. The molecule has 0 heterocycles. The van der Waals surface area contributed by atoms with Crippen molar-refractivity contribution in [2.75, 3.05) is 0 Å². The number of rotatable bonds is 9. The molecule has 6 nitrogen and oxygen atoms in total. The van der Waals surface area contributed by atoms with Gasteiger partial charge in [-0.15, -0.1) is 0 Å². The van der Waals surface area contributed by atoms with Crippen LogP contribution < -0.4 is 11.5 Å². The van der Waals surface area contributed by atoms with Gasteiger partial charge in [-0.1, -0.05) is 61.5 Å². The molecular weight excluding hydrogens is 344 g/mol. The summed E-state index contributed by atoms with van der Waals surface area (Å²) >= 11 is 0. The third-order valence-electron chi connectivity index (χ3n) is 4.59. The van der Waals surface area contributed by atoms with Gasteiger partial charge in [0.05, 0.1) is 0 Å². The van der Waals surface area contributed by atoms with Crippen LogP contribution in [0.1, 0.15) is 30.1 Å². The Morgan fingerprint density at radius 1 is 0.926 bits per heavy atom. The first-order chi connectivity index (χ1) is 12.8. The van der Waals surface area contributed by atoms with Crippen LogP contribution in [-0.4, -0.2) is 28.8 Å². The molecule has 0 aromatic heterocycles. The molecule has 5 N–H and O–H groups in total. The average Bonchev–Trinajstić information content (AvgIpc) is 2.67. The molecule has 0 aliphatic rings. The minimum Gasteiger partial charge on any atom is -0.371 e. The van der Waals surface area contributed by atoms with Gasteiger partial charge in [0.1, 0.15) is 5.92 Å². The van der Waals surface area contributed by atoms with Gasteiger partial charge in [0, 0.05) is 11.5 Å². The Balaban J connectivity index is 2.02. The second-order valence-electron chi connectivity index (χ2n) is 6.59. The molecule has 3 unspecified atom stereocenters. The highest BCUT2D eigenvalue weighted by molar-refractivity contribution is 6.02. The second-order valence-corrected chi connectivity index (χ2v) is 6.59. The molecule has 0 saturated heterocycles. The van der Waals surface area contributed by atoms with E-state index in [0.717, 1.165) is 11.1 Å². The largest absolute Gasteiger partial charge is 0.371 e. The van der Waals surface area contributed by atoms with Gasteiger partial charge in [-0.25, -0.2) is 0 Å². The predicted molar refractivity (Wildman–Crippen MR) is 102 cm³/mol. The number of hydrogen-bond donors (Lipinski definition) is 3. The number of ketones is 2. The van der Waals surface area contributed by atoms with Crippen LogP contribution in [0, 0.1) is 11.8 Å². The fourth-order valence-electron chi connectivity index (χ4n) is 2.92. The molecule has 2 rings (SSSR count). The van der Waals surface area contributed by atoms with E-state index in [1.54, 1.807) is 19.1 Å². The van der Waals surface area contributed by atoms with Gasteiger partial charge in [-0.3, -0.25) is 20.1 Å². The molecule has 0 bridgehead atoms. The van der Waals surface area contributed by atoms with Crippen LogP contribution in [0.25, 0.3) is 11.1 Å². The summed E-state index contributed by atoms with van der Waals surface area (Å²) in [7, 11) is 0. The number of nitrogens with two attached hydrogens (primary N) is 2. The number of primary amides is 1. The number of amides is 1. The van der Waals surface area contributed by atoms with Gasteiger partial charge < -0.3 is 10.8 Å². The van der Waals surface area contributed by atoms with E-state index in [-0.39, 0.29) is 18.6 Å². The molecule has 2 aromatic carbocycles. The SMILES string of the molecule is CC(CCC(C(N)=O)C(=O)C(N)O)C(=O)c1ccc(-c2ccccc2)cc1. The Bertz CT molecular complexity index is 801. The maximum absolute atomic E-state index is 12.6. The van der Waals surface area contributed by atoms with Crippen molar-refractivity contribution in [2.45, 2.75) is 26.0 Å². The molecule has 27 heavy (non-hydrogen) atoms. The van der Waals surface area contributed by atoms with E-state index in [1.807, 2.05) is 42.5 Å². The van der Waals surface area contributed by atoms with Gasteiger partial charge in [0.25, 0.3) is 0 Å². The minimum atomic E-state index is -1.75. The zero-order valence-corrected chi connectivity index (χ0v) is 15.2.